The Morgan fingerprint density at radius 2 is 2.05 bits per heavy atom. The van der Waals surface area contributed by atoms with E-state index in [0.717, 1.165) is 0 Å². The van der Waals surface area contributed by atoms with Gasteiger partial charge in [0.05, 0.1) is 11.6 Å². The highest BCUT2D eigenvalue weighted by molar-refractivity contribution is 6.33. The summed E-state index contributed by atoms with van der Waals surface area (Å²) >= 11 is 11.8. The highest BCUT2D eigenvalue weighted by atomic mass is 35.5. The van der Waals surface area contributed by atoms with Crippen molar-refractivity contribution in [2.75, 3.05) is 0 Å². The Kier molecular flexibility index (Phi) is 3.04. The Hall–Kier alpha value is -1.79. The van der Waals surface area contributed by atoms with Gasteiger partial charge in [0.2, 0.25) is 0 Å². The highest BCUT2D eigenvalue weighted by Crippen LogP contribution is 2.22. The minimum atomic E-state index is -0.476. The van der Waals surface area contributed by atoms with E-state index in [-0.39, 0.29) is 16.7 Å². The molecule has 0 aliphatic heterocycles. The largest absolute Gasteiger partial charge is 0.222 e. The molecule has 0 aliphatic rings. The van der Waals surface area contributed by atoms with Crippen LogP contribution in [-0.2, 0) is 6.54 Å². The minimum absolute atomic E-state index is 0.0614. The van der Waals surface area contributed by atoms with Gasteiger partial charge in [-0.05, 0) is 11.6 Å². The lowest BCUT2D eigenvalue weighted by atomic mass is 10.2. The standard InChI is InChI=1S/C11H6Cl2FN5/c12-8-6(2-1-3-7(8)14)4-19-11-9(17-18-19)10(13)15-5-16-11/h1-3,5H,4H2. The SMILES string of the molecule is Fc1cccc(Cn2nnc3c(Cl)ncnc32)c1Cl. The number of hydrogen-bond donors (Lipinski definition) is 0. The number of fused-ring (bicyclic) bond motifs is 1. The van der Waals surface area contributed by atoms with Crippen molar-refractivity contribution in [3.8, 4) is 0 Å². The van der Waals surface area contributed by atoms with E-state index in [0.29, 0.717) is 16.7 Å². The lowest BCUT2D eigenvalue weighted by Gasteiger charge is -2.05. The average molecular weight is 298 g/mol. The van der Waals surface area contributed by atoms with E-state index in [1.807, 2.05) is 0 Å². The third kappa shape index (κ3) is 2.13. The Balaban J connectivity index is 2.07. The summed E-state index contributed by atoms with van der Waals surface area (Å²) in [6.45, 7) is 0.250. The molecule has 0 fully saturated rings. The summed E-state index contributed by atoms with van der Waals surface area (Å²) in [5, 5.41) is 8.09. The van der Waals surface area contributed by atoms with Crippen molar-refractivity contribution in [2.45, 2.75) is 6.54 Å². The van der Waals surface area contributed by atoms with E-state index in [1.165, 1.54) is 17.1 Å². The predicted molar refractivity (Wildman–Crippen MR) is 68.6 cm³/mol. The molecule has 0 radical (unpaired) electrons. The zero-order valence-electron chi connectivity index (χ0n) is 9.39. The lowest BCUT2D eigenvalue weighted by Crippen LogP contribution is -2.04. The van der Waals surface area contributed by atoms with Crippen LogP contribution in [0.5, 0.6) is 0 Å². The van der Waals surface area contributed by atoms with Gasteiger partial charge in [0.15, 0.2) is 16.3 Å². The second-order valence-electron chi connectivity index (χ2n) is 3.80. The van der Waals surface area contributed by atoms with E-state index in [1.54, 1.807) is 12.1 Å². The quantitative estimate of drug-likeness (QED) is 0.683. The molecule has 0 saturated carbocycles. The van der Waals surface area contributed by atoms with Crippen LogP contribution in [0, 0.1) is 5.82 Å². The fraction of sp³-hybridized carbons (Fsp3) is 0.0909. The number of benzene rings is 1. The third-order valence-electron chi connectivity index (χ3n) is 2.61. The topological polar surface area (TPSA) is 56.5 Å². The van der Waals surface area contributed by atoms with Crippen molar-refractivity contribution in [2.24, 2.45) is 0 Å². The van der Waals surface area contributed by atoms with Gasteiger partial charge in [0.1, 0.15) is 12.1 Å². The van der Waals surface area contributed by atoms with Gasteiger partial charge < -0.3 is 0 Å². The highest BCUT2D eigenvalue weighted by Gasteiger charge is 2.12. The molecule has 0 atom stereocenters. The van der Waals surface area contributed by atoms with Crippen LogP contribution in [0.3, 0.4) is 0 Å². The maximum Gasteiger partial charge on any atom is 0.183 e. The van der Waals surface area contributed by atoms with E-state index in [2.05, 4.69) is 20.3 Å². The summed E-state index contributed by atoms with van der Waals surface area (Å²) < 4.78 is 14.9. The molecule has 3 rings (SSSR count). The van der Waals surface area contributed by atoms with Gasteiger partial charge >= 0.3 is 0 Å². The molecule has 1 aromatic carbocycles. The third-order valence-corrected chi connectivity index (χ3v) is 3.31. The van der Waals surface area contributed by atoms with Gasteiger partial charge in [-0.3, -0.25) is 0 Å². The van der Waals surface area contributed by atoms with E-state index in [9.17, 15) is 4.39 Å². The minimum Gasteiger partial charge on any atom is -0.222 e. The summed E-state index contributed by atoms with van der Waals surface area (Å²) in [5.41, 5.74) is 1.46. The first-order valence-corrected chi connectivity index (χ1v) is 6.05. The number of aromatic nitrogens is 5. The molecule has 0 amide bonds. The van der Waals surface area contributed by atoms with Gasteiger partial charge in [0.25, 0.3) is 0 Å². The summed E-state index contributed by atoms with van der Waals surface area (Å²) in [5.74, 6) is -0.476. The molecule has 0 bridgehead atoms. The van der Waals surface area contributed by atoms with Crippen LogP contribution in [0.25, 0.3) is 11.2 Å². The second-order valence-corrected chi connectivity index (χ2v) is 4.53. The molecule has 2 aromatic heterocycles. The van der Waals surface area contributed by atoms with Crippen molar-refractivity contribution in [1.82, 2.24) is 25.0 Å². The molecular formula is C11H6Cl2FN5. The summed E-state index contributed by atoms with van der Waals surface area (Å²) in [6.07, 6.45) is 1.32. The monoisotopic (exact) mass is 297 g/mol. The first-order valence-electron chi connectivity index (χ1n) is 5.29. The van der Waals surface area contributed by atoms with Crippen molar-refractivity contribution in [3.05, 3.63) is 46.1 Å². The van der Waals surface area contributed by atoms with E-state index in [4.69, 9.17) is 23.2 Å². The zero-order chi connectivity index (χ0) is 13.4. The first kappa shape index (κ1) is 12.3. The lowest BCUT2D eigenvalue weighted by molar-refractivity contribution is 0.617. The predicted octanol–water partition coefficient (Wildman–Crippen LogP) is 2.72. The number of rotatable bonds is 2. The summed E-state index contributed by atoms with van der Waals surface area (Å²) in [6, 6.07) is 4.59. The fourth-order valence-electron chi connectivity index (χ4n) is 1.70. The average Bonchev–Trinajstić information content (AvgIpc) is 2.80. The number of nitrogens with zero attached hydrogens (tertiary/aromatic N) is 5. The molecule has 8 heteroatoms. The second kappa shape index (κ2) is 4.71. The molecule has 0 saturated heterocycles. The molecule has 19 heavy (non-hydrogen) atoms. The molecule has 0 aliphatic carbocycles. The van der Waals surface area contributed by atoms with Crippen LogP contribution in [0.2, 0.25) is 10.2 Å². The van der Waals surface area contributed by atoms with Gasteiger partial charge in [0, 0.05) is 0 Å². The number of hydrogen-bond acceptors (Lipinski definition) is 4. The molecule has 0 unspecified atom stereocenters. The maximum atomic E-state index is 13.4. The van der Waals surface area contributed by atoms with Gasteiger partial charge in [-0.1, -0.05) is 40.5 Å². The van der Waals surface area contributed by atoms with E-state index >= 15 is 0 Å². The van der Waals surface area contributed by atoms with Crippen LogP contribution in [0.15, 0.2) is 24.5 Å². The summed E-state index contributed by atoms with van der Waals surface area (Å²) in [7, 11) is 0. The molecule has 2 heterocycles. The smallest absolute Gasteiger partial charge is 0.183 e. The van der Waals surface area contributed by atoms with Crippen molar-refractivity contribution < 1.29 is 4.39 Å². The molecule has 0 N–H and O–H groups in total. The van der Waals surface area contributed by atoms with Crippen molar-refractivity contribution >= 4 is 34.4 Å². The normalized spacial score (nSPS) is 11.1. The molecule has 0 spiro atoms. The van der Waals surface area contributed by atoms with Gasteiger partial charge in [-0.25, -0.2) is 19.0 Å². The van der Waals surface area contributed by atoms with Crippen LogP contribution < -0.4 is 0 Å². The maximum absolute atomic E-state index is 13.4. The Bertz CT molecular complexity index is 758. The van der Waals surface area contributed by atoms with Crippen molar-refractivity contribution in [3.63, 3.8) is 0 Å². The Morgan fingerprint density at radius 1 is 1.21 bits per heavy atom. The molecular weight excluding hydrogens is 292 g/mol. The van der Waals surface area contributed by atoms with Crippen LogP contribution in [0.4, 0.5) is 4.39 Å². The Morgan fingerprint density at radius 3 is 2.89 bits per heavy atom. The van der Waals surface area contributed by atoms with Crippen LogP contribution in [-0.4, -0.2) is 25.0 Å². The Labute approximate surface area is 117 Å². The summed E-state index contributed by atoms with van der Waals surface area (Å²) in [4.78, 5) is 7.87. The van der Waals surface area contributed by atoms with Crippen LogP contribution >= 0.6 is 23.2 Å². The molecule has 3 aromatic rings. The molecule has 5 nitrogen and oxygen atoms in total. The zero-order valence-corrected chi connectivity index (χ0v) is 10.9. The fourth-order valence-corrected chi connectivity index (χ4v) is 2.05. The van der Waals surface area contributed by atoms with Gasteiger partial charge in [-0.2, -0.15) is 0 Å². The van der Waals surface area contributed by atoms with Crippen LogP contribution in [0.1, 0.15) is 5.56 Å². The van der Waals surface area contributed by atoms with Gasteiger partial charge in [-0.15, -0.1) is 5.10 Å². The molecule has 96 valence electrons. The number of halogens is 3. The van der Waals surface area contributed by atoms with E-state index < -0.39 is 5.82 Å². The van der Waals surface area contributed by atoms with Crippen molar-refractivity contribution in [1.29, 1.82) is 0 Å². The first-order chi connectivity index (χ1) is 9.16.